The summed E-state index contributed by atoms with van der Waals surface area (Å²) in [5.41, 5.74) is -0.398. The van der Waals surface area contributed by atoms with Crippen LogP contribution in [-0.4, -0.2) is 21.3 Å². The summed E-state index contributed by atoms with van der Waals surface area (Å²) in [6.45, 7) is 3.74. The predicted molar refractivity (Wildman–Crippen MR) is 67.3 cm³/mol. The minimum absolute atomic E-state index is 0.0731. The first-order valence-electron chi connectivity index (χ1n) is 5.54. The van der Waals surface area contributed by atoms with Crippen molar-refractivity contribution in [3.63, 3.8) is 0 Å². The van der Waals surface area contributed by atoms with Gasteiger partial charge in [-0.1, -0.05) is 19.9 Å². The number of nitrogens with zero attached hydrogens (tertiary/aromatic N) is 2. The Bertz CT molecular complexity index is 531. The van der Waals surface area contributed by atoms with Crippen LogP contribution < -0.4 is 0 Å². The van der Waals surface area contributed by atoms with Crippen LogP contribution in [0.2, 0.25) is 0 Å². The Morgan fingerprint density at radius 1 is 1.50 bits per heavy atom. The molecular weight excluding hydrogens is 252 g/mol. The molecule has 0 aromatic carbocycles. The Labute approximate surface area is 108 Å². The molecule has 0 aliphatic rings. The number of carbonyl (C=O) groups is 1. The molecule has 2 aromatic rings. The van der Waals surface area contributed by atoms with Gasteiger partial charge < -0.3 is 9.52 Å². The van der Waals surface area contributed by atoms with Crippen LogP contribution >= 0.6 is 11.3 Å². The molecule has 0 amide bonds. The number of carboxylic acid groups (broad SMARTS) is 1. The normalized spacial score (nSPS) is 11.7. The molecule has 1 N–H and O–H groups in total. The van der Waals surface area contributed by atoms with E-state index in [2.05, 4.69) is 10.2 Å². The number of thiophene rings is 1. The van der Waals surface area contributed by atoms with E-state index in [1.54, 1.807) is 0 Å². The maximum absolute atomic E-state index is 10.7. The fraction of sp³-hybridized carbons (Fsp3) is 0.417. The number of carboxylic acids is 1. The Hall–Kier alpha value is -1.69. The molecule has 0 saturated carbocycles. The zero-order valence-corrected chi connectivity index (χ0v) is 11.0. The van der Waals surface area contributed by atoms with Crippen LogP contribution in [0.25, 0.3) is 10.8 Å². The molecular formula is C12H14N2O3S. The molecule has 0 unspecified atom stereocenters. The minimum atomic E-state index is -0.821. The lowest BCUT2D eigenvalue weighted by Gasteiger charge is -2.19. The lowest BCUT2D eigenvalue weighted by molar-refractivity contribution is -0.139. The van der Waals surface area contributed by atoms with Crippen molar-refractivity contribution in [2.75, 3.05) is 0 Å². The van der Waals surface area contributed by atoms with Crippen molar-refractivity contribution in [1.29, 1.82) is 0 Å². The van der Waals surface area contributed by atoms with Crippen molar-refractivity contribution in [1.82, 2.24) is 10.2 Å². The molecule has 0 spiro atoms. The molecule has 96 valence electrons. The van der Waals surface area contributed by atoms with Gasteiger partial charge in [-0.2, -0.15) is 0 Å². The summed E-state index contributed by atoms with van der Waals surface area (Å²) < 4.78 is 5.54. The third-order valence-corrected chi connectivity index (χ3v) is 3.32. The maximum Gasteiger partial charge on any atom is 0.303 e. The monoisotopic (exact) mass is 266 g/mol. The summed E-state index contributed by atoms with van der Waals surface area (Å²) in [7, 11) is 0. The summed E-state index contributed by atoms with van der Waals surface area (Å²) >= 11 is 1.53. The van der Waals surface area contributed by atoms with Gasteiger partial charge in [-0.15, -0.1) is 21.5 Å². The molecule has 5 nitrogen and oxygen atoms in total. The van der Waals surface area contributed by atoms with Gasteiger partial charge in [0.25, 0.3) is 5.89 Å². The van der Waals surface area contributed by atoms with Crippen molar-refractivity contribution < 1.29 is 14.3 Å². The van der Waals surface area contributed by atoms with Gasteiger partial charge in [-0.05, 0) is 16.9 Å². The second kappa shape index (κ2) is 4.89. The standard InChI is InChI=1S/C12H14N2O3S/c1-12(2,7-10(15)16)6-9-13-14-11(17-9)8-4-3-5-18-8/h3-5H,6-7H2,1-2H3,(H,15,16). The van der Waals surface area contributed by atoms with E-state index in [1.807, 2.05) is 31.4 Å². The van der Waals surface area contributed by atoms with Gasteiger partial charge in [0.1, 0.15) is 0 Å². The maximum atomic E-state index is 10.7. The zero-order chi connectivity index (χ0) is 13.2. The Morgan fingerprint density at radius 2 is 2.28 bits per heavy atom. The quantitative estimate of drug-likeness (QED) is 0.900. The topological polar surface area (TPSA) is 76.2 Å². The van der Waals surface area contributed by atoms with Crippen LogP contribution in [0.5, 0.6) is 0 Å². The highest BCUT2D eigenvalue weighted by molar-refractivity contribution is 7.13. The van der Waals surface area contributed by atoms with Gasteiger partial charge in [0, 0.05) is 6.42 Å². The van der Waals surface area contributed by atoms with Crippen LogP contribution in [0.3, 0.4) is 0 Å². The van der Waals surface area contributed by atoms with E-state index in [0.717, 1.165) is 4.88 Å². The number of hydrogen-bond donors (Lipinski definition) is 1. The molecule has 6 heteroatoms. The van der Waals surface area contributed by atoms with Gasteiger partial charge in [0.2, 0.25) is 5.89 Å². The lowest BCUT2D eigenvalue weighted by atomic mass is 9.86. The Morgan fingerprint density at radius 3 is 2.89 bits per heavy atom. The minimum Gasteiger partial charge on any atom is -0.481 e. The summed E-state index contributed by atoms with van der Waals surface area (Å²) in [6.07, 6.45) is 0.529. The van der Waals surface area contributed by atoms with Crippen molar-refractivity contribution >= 4 is 17.3 Å². The molecule has 0 atom stereocenters. The van der Waals surface area contributed by atoms with Gasteiger partial charge in [0.15, 0.2) is 0 Å². The average Bonchev–Trinajstić information content (AvgIpc) is 2.82. The first-order valence-corrected chi connectivity index (χ1v) is 6.42. The summed E-state index contributed by atoms with van der Waals surface area (Å²) in [6, 6.07) is 3.82. The summed E-state index contributed by atoms with van der Waals surface area (Å²) in [4.78, 5) is 11.7. The van der Waals surface area contributed by atoms with Gasteiger partial charge in [0.05, 0.1) is 11.3 Å². The van der Waals surface area contributed by atoms with Gasteiger partial charge >= 0.3 is 5.97 Å². The second-order valence-corrected chi connectivity index (χ2v) is 5.84. The second-order valence-electron chi connectivity index (χ2n) is 4.89. The fourth-order valence-corrected chi connectivity index (χ4v) is 2.35. The third-order valence-electron chi connectivity index (χ3n) is 2.46. The van der Waals surface area contributed by atoms with E-state index in [-0.39, 0.29) is 6.42 Å². The number of rotatable bonds is 5. The van der Waals surface area contributed by atoms with Crippen LogP contribution in [0.15, 0.2) is 21.9 Å². The molecule has 18 heavy (non-hydrogen) atoms. The molecule has 2 aromatic heterocycles. The molecule has 0 aliphatic carbocycles. The van der Waals surface area contributed by atoms with E-state index < -0.39 is 11.4 Å². The molecule has 0 saturated heterocycles. The number of aliphatic carboxylic acids is 1. The van der Waals surface area contributed by atoms with E-state index in [0.29, 0.717) is 18.2 Å². The predicted octanol–water partition coefficient (Wildman–Crippen LogP) is 2.84. The van der Waals surface area contributed by atoms with Crippen LogP contribution in [0, 0.1) is 5.41 Å². The van der Waals surface area contributed by atoms with Crippen LogP contribution in [0.4, 0.5) is 0 Å². The van der Waals surface area contributed by atoms with E-state index in [9.17, 15) is 4.79 Å². The smallest absolute Gasteiger partial charge is 0.303 e. The Kier molecular flexibility index (Phi) is 3.47. The SMILES string of the molecule is CC(C)(CC(=O)O)Cc1nnc(-c2cccs2)o1. The first-order chi connectivity index (χ1) is 8.46. The van der Waals surface area contributed by atoms with Crippen molar-refractivity contribution in [2.45, 2.75) is 26.7 Å². The van der Waals surface area contributed by atoms with Gasteiger partial charge in [-0.25, -0.2) is 0 Å². The number of hydrogen-bond acceptors (Lipinski definition) is 5. The molecule has 0 aliphatic heterocycles. The van der Waals surface area contributed by atoms with E-state index in [1.165, 1.54) is 11.3 Å². The Balaban J connectivity index is 2.09. The highest BCUT2D eigenvalue weighted by Crippen LogP contribution is 2.28. The van der Waals surface area contributed by atoms with Gasteiger partial charge in [-0.3, -0.25) is 4.79 Å². The molecule has 0 bridgehead atoms. The van der Waals surface area contributed by atoms with Crippen molar-refractivity contribution in [2.24, 2.45) is 5.41 Å². The molecule has 2 rings (SSSR count). The highest BCUT2D eigenvalue weighted by Gasteiger charge is 2.25. The van der Waals surface area contributed by atoms with E-state index >= 15 is 0 Å². The molecule has 0 fully saturated rings. The zero-order valence-electron chi connectivity index (χ0n) is 10.2. The van der Waals surface area contributed by atoms with Crippen molar-refractivity contribution in [3.05, 3.63) is 23.4 Å². The third kappa shape index (κ3) is 3.16. The highest BCUT2D eigenvalue weighted by atomic mass is 32.1. The summed E-state index contributed by atoms with van der Waals surface area (Å²) in [5.74, 6) is 0.147. The fourth-order valence-electron chi connectivity index (χ4n) is 1.71. The molecule has 2 heterocycles. The molecule has 0 radical (unpaired) electrons. The lowest BCUT2D eigenvalue weighted by Crippen LogP contribution is -2.19. The first kappa shape index (κ1) is 12.8. The number of aromatic nitrogens is 2. The van der Waals surface area contributed by atoms with E-state index in [4.69, 9.17) is 9.52 Å². The van der Waals surface area contributed by atoms with Crippen LogP contribution in [0.1, 0.15) is 26.2 Å². The van der Waals surface area contributed by atoms with Crippen LogP contribution in [-0.2, 0) is 11.2 Å². The average molecular weight is 266 g/mol. The largest absolute Gasteiger partial charge is 0.481 e. The summed E-state index contributed by atoms with van der Waals surface area (Å²) in [5, 5.41) is 18.7. The van der Waals surface area contributed by atoms with Crippen molar-refractivity contribution in [3.8, 4) is 10.8 Å².